The lowest BCUT2D eigenvalue weighted by molar-refractivity contribution is 0.371. The van der Waals surface area contributed by atoms with E-state index in [0.717, 1.165) is 16.2 Å². The first-order valence-corrected chi connectivity index (χ1v) is 13.3. The minimum absolute atomic E-state index is 0.0977. The molecular formula is C22H20ClN3O4S2. The van der Waals surface area contributed by atoms with Crippen molar-refractivity contribution in [1.82, 2.24) is 4.41 Å². The third kappa shape index (κ3) is 4.79. The summed E-state index contributed by atoms with van der Waals surface area (Å²) in [7, 11) is -7.32. The fraction of sp³-hybridized carbons (Fsp3) is 0.136. The molecular weight excluding hydrogens is 470 g/mol. The van der Waals surface area contributed by atoms with Gasteiger partial charge in [0.05, 0.1) is 22.9 Å². The number of nitrogens with one attached hydrogen (secondary N) is 1. The molecule has 0 radical (unpaired) electrons. The second kappa shape index (κ2) is 8.57. The van der Waals surface area contributed by atoms with Crippen molar-refractivity contribution in [2.45, 2.75) is 17.4 Å². The van der Waals surface area contributed by atoms with Gasteiger partial charge in [-0.25, -0.2) is 8.42 Å². The standard InChI is InChI=1S/C22H20ClN3O4S2/c1-31(27,28)25-19-11-7-16(8-12-19)21-15-22(17-5-3-2-4-6-17)26(24-21)32(29,30)20-13-9-18(23)10-14-20/h2-14,22,25H,15H2,1H3. The summed E-state index contributed by atoms with van der Waals surface area (Å²) in [6.07, 6.45) is 1.45. The molecule has 0 fully saturated rings. The van der Waals surface area contributed by atoms with Gasteiger partial charge in [0.15, 0.2) is 0 Å². The molecule has 3 aromatic rings. The first-order valence-electron chi connectivity index (χ1n) is 9.64. The highest BCUT2D eigenvalue weighted by molar-refractivity contribution is 7.92. The lowest BCUT2D eigenvalue weighted by Gasteiger charge is -2.23. The number of sulfonamides is 2. The average Bonchev–Trinajstić information content (AvgIpc) is 3.21. The zero-order valence-electron chi connectivity index (χ0n) is 17.0. The quantitative estimate of drug-likeness (QED) is 0.559. The smallest absolute Gasteiger partial charge is 0.279 e. The molecule has 0 bridgehead atoms. The maximum Gasteiger partial charge on any atom is 0.279 e. The summed E-state index contributed by atoms with van der Waals surface area (Å²) in [6.45, 7) is 0. The normalized spacial score (nSPS) is 16.6. The first-order chi connectivity index (χ1) is 15.1. The van der Waals surface area contributed by atoms with E-state index in [9.17, 15) is 16.8 Å². The summed E-state index contributed by atoms with van der Waals surface area (Å²) in [4.78, 5) is 0.0977. The van der Waals surface area contributed by atoms with Crippen molar-refractivity contribution in [1.29, 1.82) is 0 Å². The molecule has 7 nitrogen and oxygen atoms in total. The van der Waals surface area contributed by atoms with Crippen LogP contribution in [0.1, 0.15) is 23.6 Å². The fourth-order valence-corrected chi connectivity index (χ4v) is 5.59. The van der Waals surface area contributed by atoms with Crippen LogP contribution in [0.4, 0.5) is 5.69 Å². The van der Waals surface area contributed by atoms with E-state index in [1.165, 1.54) is 24.3 Å². The van der Waals surface area contributed by atoms with Crippen molar-refractivity contribution in [3.8, 4) is 0 Å². The fourth-order valence-electron chi connectivity index (χ4n) is 3.47. The Kier molecular flexibility index (Phi) is 5.98. The third-order valence-electron chi connectivity index (χ3n) is 4.94. The summed E-state index contributed by atoms with van der Waals surface area (Å²) in [5.74, 6) is 0. The number of hydrogen-bond acceptors (Lipinski definition) is 5. The van der Waals surface area contributed by atoms with E-state index in [0.29, 0.717) is 28.4 Å². The minimum Gasteiger partial charge on any atom is -0.284 e. The molecule has 32 heavy (non-hydrogen) atoms. The van der Waals surface area contributed by atoms with E-state index in [-0.39, 0.29) is 4.90 Å². The van der Waals surface area contributed by atoms with E-state index >= 15 is 0 Å². The second-order valence-electron chi connectivity index (χ2n) is 7.36. The summed E-state index contributed by atoms with van der Waals surface area (Å²) in [5.41, 5.74) is 2.53. The van der Waals surface area contributed by atoms with Crippen LogP contribution >= 0.6 is 11.6 Å². The second-order valence-corrected chi connectivity index (χ2v) is 11.3. The van der Waals surface area contributed by atoms with Crippen LogP contribution in [0, 0.1) is 0 Å². The number of nitrogens with zero attached hydrogens (tertiary/aromatic N) is 2. The maximum atomic E-state index is 13.4. The molecule has 1 aliphatic rings. The highest BCUT2D eigenvalue weighted by Crippen LogP contribution is 2.37. The van der Waals surface area contributed by atoms with Gasteiger partial charge in [-0.05, 0) is 47.5 Å². The Morgan fingerprint density at radius 2 is 1.53 bits per heavy atom. The number of hydrogen-bond donors (Lipinski definition) is 1. The van der Waals surface area contributed by atoms with Crippen LogP contribution in [-0.2, 0) is 20.0 Å². The van der Waals surface area contributed by atoms with E-state index in [1.54, 1.807) is 24.3 Å². The monoisotopic (exact) mass is 489 g/mol. The Balaban J connectivity index is 1.72. The zero-order chi connectivity index (χ0) is 22.9. The Bertz CT molecular complexity index is 1360. The predicted molar refractivity (Wildman–Crippen MR) is 126 cm³/mol. The van der Waals surface area contributed by atoms with Crippen molar-refractivity contribution >= 4 is 43.0 Å². The van der Waals surface area contributed by atoms with Crippen LogP contribution in [0.5, 0.6) is 0 Å². The number of rotatable bonds is 6. The van der Waals surface area contributed by atoms with Gasteiger partial charge in [0.25, 0.3) is 10.0 Å². The Labute approximate surface area is 192 Å². The van der Waals surface area contributed by atoms with Gasteiger partial charge in [-0.15, -0.1) is 0 Å². The average molecular weight is 490 g/mol. The van der Waals surface area contributed by atoms with Gasteiger partial charge >= 0.3 is 0 Å². The Morgan fingerprint density at radius 3 is 2.12 bits per heavy atom. The van der Waals surface area contributed by atoms with Crippen molar-refractivity contribution in [3.63, 3.8) is 0 Å². The predicted octanol–water partition coefficient (Wildman–Crippen LogP) is 4.25. The van der Waals surface area contributed by atoms with Crippen LogP contribution < -0.4 is 4.72 Å². The number of hydrazone groups is 1. The Morgan fingerprint density at radius 1 is 0.906 bits per heavy atom. The van der Waals surface area contributed by atoms with Gasteiger partial charge in [0.2, 0.25) is 10.0 Å². The van der Waals surface area contributed by atoms with Gasteiger partial charge in [0, 0.05) is 17.1 Å². The molecule has 1 aliphatic heterocycles. The van der Waals surface area contributed by atoms with Crippen molar-refractivity contribution in [2.75, 3.05) is 11.0 Å². The number of halogens is 1. The van der Waals surface area contributed by atoms with Gasteiger partial charge in [0.1, 0.15) is 0 Å². The largest absolute Gasteiger partial charge is 0.284 e. The molecule has 1 atom stereocenters. The van der Waals surface area contributed by atoms with Crippen LogP contribution in [0.25, 0.3) is 0 Å². The zero-order valence-corrected chi connectivity index (χ0v) is 19.4. The lowest BCUT2D eigenvalue weighted by Crippen LogP contribution is -2.27. The van der Waals surface area contributed by atoms with E-state index in [1.807, 2.05) is 30.3 Å². The number of benzene rings is 3. The van der Waals surface area contributed by atoms with E-state index < -0.39 is 26.1 Å². The molecule has 0 spiro atoms. The molecule has 10 heteroatoms. The summed E-state index contributed by atoms with van der Waals surface area (Å²) >= 11 is 5.92. The topological polar surface area (TPSA) is 95.9 Å². The van der Waals surface area contributed by atoms with Crippen LogP contribution in [0.3, 0.4) is 0 Å². The van der Waals surface area contributed by atoms with Crippen LogP contribution in [-0.4, -0.2) is 33.2 Å². The highest BCUT2D eigenvalue weighted by Gasteiger charge is 2.37. The molecule has 1 unspecified atom stereocenters. The van der Waals surface area contributed by atoms with Crippen molar-refractivity contribution in [2.24, 2.45) is 5.10 Å². The SMILES string of the molecule is CS(=O)(=O)Nc1ccc(C2=NN(S(=O)(=O)c3ccc(Cl)cc3)C(c3ccccc3)C2)cc1. The van der Waals surface area contributed by atoms with Gasteiger partial charge in [-0.2, -0.15) is 17.9 Å². The lowest BCUT2D eigenvalue weighted by atomic mass is 9.99. The molecule has 0 aromatic heterocycles. The van der Waals surface area contributed by atoms with Gasteiger partial charge in [-0.3, -0.25) is 4.72 Å². The molecule has 1 N–H and O–H groups in total. The van der Waals surface area contributed by atoms with Crippen LogP contribution in [0.2, 0.25) is 5.02 Å². The van der Waals surface area contributed by atoms with Gasteiger partial charge in [-0.1, -0.05) is 54.1 Å². The molecule has 3 aromatic carbocycles. The van der Waals surface area contributed by atoms with Crippen LogP contribution in [0.15, 0.2) is 88.9 Å². The molecule has 1 heterocycles. The molecule has 0 amide bonds. The van der Waals surface area contributed by atoms with E-state index in [4.69, 9.17) is 11.6 Å². The van der Waals surface area contributed by atoms with Crippen molar-refractivity contribution in [3.05, 3.63) is 95.0 Å². The minimum atomic E-state index is -3.93. The molecule has 0 saturated heterocycles. The summed E-state index contributed by atoms with van der Waals surface area (Å²) in [5, 5.41) is 4.92. The maximum absolute atomic E-state index is 13.4. The Hall–Kier alpha value is -2.88. The van der Waals surface area contributed by atoms with E-state index in [2.05, 4.69) is 9.82 Å². The highest BCUT2D eigenvalue weighted by atomic mass is 35.5. The summed E-state index contributed by atoms with van der Waals surface area (Å²) in [6, 6.07) is 21.4. The molecule has 0 aliphatic carbocycles. The summed E-state index contributed by atoms with van der Waals surface area (Å²) < 4.78 is 53.3. The number of anilines is 1. The molecule has 0 saturated carbocycles. The molecule has 166 valence electrons. The van der Waals surface area contributed by atoms with Gasteiger partial charge < -0.3 is 0 Å². The third-order valence-corrected chi connectivity index (χ3v) is 7.49. The van der Waals surface area contributed by atoms with Crippen molar-refractivity contribution < 1.29 is 16.8 Å². The molecule has 4 rings (SSSR count). The first kappa shape index (κ1) is 22.3.